The van der Waals surface area contributed by atoms with E-state index in [1.54, 1.807) is 11.3 Å². The molecule has 1 heterocycles. The van der Waals surface area contributed by atoms with Gasteiger partial charge in [0.25, 0.3) is 5.91 Å². The fourth-order valence-corrected chi connectivity index (χ4v) is 2.91. The number of rotatable bonds is 6. The van der Waals surface area contributed by atoms with Gasteiger partial charge in [-0.05, 0) is 62.6 Å². The van der Waals surface area contributed by atoms with E-state index in [2.05, 4.69) is 41.6 Å². The van der Waals surface area contributed by atoms with Crippen LogP contribution in [0.25, 0.3) is 0 Å². The third kappa shape index (κ3) is 4.93. The molecule has 1 rings (SSSR count). The van der Waals surface area contributed by atoms with E-state index in [1.807, 2.05) is 23.3 Å². The summed E-state index contributed by atoms with van der Waals surface area (Å²) in [4.78, 5) is 16.2. The van der Waals surface area contributed by atoms with Gasteiger partial charge in [0, 0.05) is 18.5 Å². The molecular formula is C12H19IN2OS. The van der Waals surface area contributed by atoms with E-state index in [-0.39, 0.29) is 5.91 Å². The number of hydrogen-bond donors (Lipinski definition) is 0. The number of halogens is 1. The zero-order valence-electron chi connectivity index (χ0n) is 10.6. The average molecular weight is 366 g/mol. The minimum absolute atomic E-state index is 0.158. The maximum Gasteiger partial charge on any atom is 0.254 e. The third-order valence-corrected chi connectivity index (χ3v) is 4.31. The smallest absolute Gasteiger partial charge is 0.254 e. The van der Waals surface area contributed by atoms with Gasteiger partial charge in [-0.3, -0.25) is 4.79 Å². The van der Waals surface area contributed by atoms with E-state index in [4.69, 9.17) is 0 Å². The number of nitrogens with zero attached hydrogens (tertiary/aromatic N) is 2. The Morgan fingerprint density at radius 3 is 2.59 bits per heavy atom. The molecule has 17 heavy (non-hydrogen) atoms. The SMILES string of the molecule is CCN(CCCN(C)C)C(=O)c1csc(I)c1. The molecule has 1 aromatic heterocycles. The molecule has 0 bridgehead atoms. The Morgan fingerprint density at radius 2 is 2.12 bits per heavy atom. The van der Waals surface area contributed by atoms with Crippen molar-refractivity contribution in [1.29, 1.82) is 0 Å². The molecule has 1 amide bonds. The van der Waals surface area contributed by atoms with Crippen molar-refractivity contribution in [3.8, 4) is 0 Å². The zero-order valence-corrected chi connectivity index (χ0v) is 13.5. The first-order chi connectivity index (χ1) is 8.04. The summed E-state index contributed by atoms with van der Waals surface area (Å²) >= 11 is 3.87. The summed E-state index contributed by atoms with van der Waals surface area (Å²) < 4.78 is 1.16. The normalized spacial score (nSPS) is 10.9. The van der Waals surface area contributed by atoms with Crippen LogP contribution < -0.4 is 0 Å². The maximum atomic E-state index is 12.2. The fraction of sp³-hybridized carbons (Fsp3) is 0.583. The van der Waals surface area contributed by atoms with Crippen molar-refractivity contribution < 1.29 is 4.79 Å². The minimum atomic E-state index is 0.158. The summed E-state index contributed by atoms with van der Waals surface area (Å²) in [5, 5.41) is 1.94. The highest BCUT2D eigenvalue weighted by atomic mass is 127. The summed E-state index contributed by atoms with van der Waals surface area (Å²) in [5.41, 5.74) is 0.825. The molecule has 0 aliphatic carbocycles. The third-order valence-electron chi connectivity index (χ3n) is 2.52. The van der Waals surface area contributed by atoms with Gasteiger partial charge in [-0.15, -0.1) is 11.3 Å². The molecular weight excluding hydrogens is 347 g/mol. The number of thiophene rings is 1. The van der Waals surface area contributed by atoms with E-state index >= 15 is 0 Å². The second kappa shape index (κ2) is 7.33. The molecule has 0 spiro atoms. The van der Waals surface area contributed by atoms with Crippen LogP contribution in [0.5, 0.6) is 0 Å². The molecule has 3 nitrogen and oxygen atoms in total. The molecule has 0 unspecified atom stereocenters. The molecule has 0 atom stereocenters. The Kier molecular flexibility index (Phi) is 6.43. The highest BCUT2D eigenvalue weighted by Gasteiger charge is 2.14. The molecule has 0 radical (unpaired) electrons. The lowest BCUT2D eigenvalue weighted by atomic mass is 10.2. The van der Waals surface area contributed by atoms with E-state index in [9.17, 15) is 4.79 Å². The second-order valence-electron chi connectivity index (χ2n) is 4.18. The highest BCUT2D eigenvalue weighted by Crippen LogP contribution is 2.18. The zero-order chi connectivity index (χ0) is 12.8. The van der Waals surface area contributed by atoms with E-state index in [1.165, 1.54) is 0 Å². The lowest BCUT2D eigenvalue weighted by Crippen LogP contribution is -2.33. The van der Waals surface area contributed by atoms with Crippen molar-refractivity contribution >= 4 is 39.8 Å². The van der Waals surface area contributed by atoms with Crippen LogP contribution in [-0.2, 0) is 0 Å². The predicted octanol–water partition coefficient (Wildman–Crippen LogP) is 2.77. The Morgan fingerprint density at radius 1 is 1.41 bits per heavy atom. The standard InChI is InChI=1S/C12H19IN2OS/c1-4-15(7-5-6-14(2)3)12(16)10-8-11(13)17-9-10/h8-9H,4-7H2,1-3H3. The lowest BCUT2D eigenvalue weighted by molar-refractivity contribution is 0.0760. The Labute approximate surface area is 121 Å². The van der Waals surface area contributed by atoms with Crippen molar-refractivity contribution in [3.05, 3.63) is 19.9 Å². The van der Waals surface area contributed by atoms with Gasteiger partial charge in [0.15, 0.2) is 0 Å². The van der Waals surface area contributed by atoms with Crippen LogP contribution in [-0.4, -0.2) is 49.4 Å². The first-order valence-corrected chi connectivity index (χ1v) is 7.68. The molecule has 0 N–H and O–H groups in total. The van der Waals surface area contributed by atoms with Crippen LogP contribution in [0.3, 0.4) is 0 Å². The van der Waals surface area contributed by atoms with Crippen molar-refractivity contribution in [2.24, 2.45) is 0 Å². The number of hydrogen-bond acceptors (Lipinski definition) is 3. The summed E-state index contributed by atoms with van der Waals surface area (Å²) in [6, 6.07) is 1.96. The van der Waals surface area contributed by atoms with Crippen LogP contribution in [0.2, 0.25) is 0 Å². The Bertz CT molecular complexity index is 365. The molecule has 5 heteroatoms. The van der Waals surface area contributed by atoms with Crippen molar-refractivity contribution in [2.45, 2.75) is 13.3 Å². The number of carbonyl (C=O) groups is 1. The molecule has 0 aliphatic heterocycles. The molecule has 1 aromatic rings. The van der Waals surface area contributed by atoms with Gasteiger partial charge in [0.05, 0.1) is 8.45 Å². The summed E-state index contributed by atoms with van der Waals surface area (Å²) in [5.74, 6) is 0.158. The monoisotopic (exact) mass is 366 g/mol. The fourth-order valence-electron chi connectivity index (χ4n) is 1.59. The van der Waals surface area contributed by atoms with Crippen molar-refractivity contribution in [2.75, 3.05) is 33.7 Å². The van der Waals surface area contributed by atoms with Gasteiger partial charge in [0.2, 0.25) is 0 Å². The van der Waals surface area contributed by atoms with Crippen LogP contribution in [0.15, 0.2) is 11.4 Å². The summed E-state index contributed by atoms with van der Waals surface area (Å²) in [6.07, 6.45) is 1.02. The lowest BCUT2D eigenvalue weighted by Gasteiger charge is -2.21. The number of carbonyl (C=O) groups excluding carboxylic acids is 1. The first-order valence-electron chi connectivity index (χ1n) is 5.72. The van der Waals surface area contributed by atoms with E-state index in [0.29, 0.717) is 0 Å². The maximum absolute atomic E-state index is 12.2. The molecule has 0 aliphatic rings. The average Bonchev–Trinajstić information content (AvgIpc) is 2.70. The highest BCUT2D eigenvalue weighted by molar-refractivity contribution is 14.1. The van der Waals surface area contributed by atoms with Crippen LogP contribution in [0.4, 0.5) is 0 Å². The Balaban J connectivity index is 2.52. The van der Waals surface area contributed by atoms with Gasteiger partial charge in [-0.25, -0.2) is 0 Å². The summed E-state index contributed by atoms with van der Waals surface area (Å²) in [6.45, 7) is 4.66. The van der Waals surface area contributed by atoms with Gasteiger partial charge in [-0.2, -0.15) is 0 Å². The molecule has 0 aromatic carbocycles. The van der Waals surface area contributed by atoms with Crippen molar-refractivity contribution in [3.63, 3.8) is 0 Å². The quantitative estimate of drug-likeness (QED) is 0.723. The molecule has 0 saturated carbocycles. The largest absolute Gasteiger partial charge is 0.339 e. The van der Waals surface area contributed by atoms with Gasteiger partial charge >= 0.3 is 0 Å². The summed E-state index contributed by atoms with van der Waals surface area (Å²) in [7, 11) is 4.11. The predicted molar refractivity (Wildman–Crippen MR) is 81.8 cm³/mol. The molecule has 0 saturated heterocycles. The van der Waals surface area contributed by atoms with Crippen LogP contribution in [0.1, 0.15) is 23.7 Å². The second-order valence-corrected chi connectivity index (χ2v) is 6.99. The van der Waals surface area contributed by atoms with Gasteiger partial charge in [-0.1, -0.05) is 0 Å². The van der Waals surface area contributed by atoms with E-state index < -0.39 is 0 Å². The molecule has 0 fully saturated rings. The van der Waals surface area contributed by atoms with Crippen LogP contribution >= 0.6 is 33.9 Å². The Hall–Kier alpha value is -0.140. The topological polar surface area (TPSA) is 23.6 Å². The number of amides is 1. The van der Waals surface area contributed by atoms with Crippen LogP contribution in [0, 0.1) is 2.88 Å². The van der Waals surface area contributed by atoms with Gasteiger partial charge < -0.3 is 9.80 Å². The van der Waals surface area contributed by atoms with E-state index in [0.717, 1.165) is 34.5 Å². The first kappa shape index (κ1) is 14.9. The minimum Gasteiger partial charge on any atom is -0.339 e. The van der Waals surface area contributed by atoms with Crippen molar-refractivity contribution in [1.82, 2.24) is 9.80 Å². The van der Waals surface area contributed by atoms with Gasteiger partial charge in [0.1, 0.15) is 0 Å². The molecule has 96 valence electrons.